The van der Waals surface area contributed by atoms with Crippen molar-refractivity contribution in [1.29, 1.82) is 0 Å². The Kier molecular flexibility index (Phi) is 3.47. The summed E-state index contributed by atoms with van der Waals surface area (Å²) < 4.78 is 39.3. The molecule has 0 radical (unpaired) electrons. The zero-order valence-electron chi connectivity index (χ0n) is 9.86. The Morgan fingerprint density at radius 3 is 2.45 bits per heavy atom. The Labute approximate surface area is 111 Å². The van der Waals surface area contributed by atoms with Gasteiger partial charge in [0.15, 0.2) is 17.5 Å². The molecule has 0 amide bonds. The van der Waals surface area contributed by atoms with Crippen LogP contribution in [0.15, 0.2) is 30.3 Å². The molecule has 0 heterocycles. The number of nitrogen functional groups attached to an aromatic ring is 1. The van der Waals surface area contributed by atoms with Crippen LogP contribution in [0.3, 0.4) is 0 Å². The topological polar surface area (TPSA) is 81.2 Å². The maximum absolute atomic E-state index is 13.5. The van der Waals surface area contributed by atoms with E-state index in [-0.39, 0.29) is 22.7 Å². The van der Waals surface area contributed by atoms with Crippen LogP contribution >= 0.6 is 0 Å². The standard InChI is InChI=1S/C12H8F3N3O2/c13-9-1-2-10(12(15)11(9)14)17-7-3-6(16)4-8(5-7)18(19)20/h1-5,17H,16H2. The number of nitrogens with two attached hydrogens (primary N) is 1. The highest BCUT2D eigenvalue weighted by Gasteiger charge is 2.15. The van der Waals surface area contributed by atoms with Crippen molar-refractivity contribution in [2.24, 2.45) is 0 Å². The van der Waals surface area contributed by atoms with Crippen molar-refractivity contribution >= 4 is 22.7 Å². The van der Waals surface area contributed by atoms with Crippen LogP contribution in [-0.2, 0) is 0 Å². The number of rotatable bonds is 3. The van der Waals surface area contributed by atoms with Gasteiger partial charge in [-0.2, -0.15) is 0 Å². The van der Waals surface area contributed by atoms with Crippen LogP contribution < -0.4 is 11.1 Å². The number of non-ortho nitro benzene ring substituents is 1. The van der Waals surface area contributed by atoms with E-state index in [9.17, 15) is 23.3 Å². The molecule has 104 valence electrons. The Hall–Kier alpha value is -2.77. The number of nitro benzene ring substituents is 1. The average molecular weight is 283 g/mol. The van der Waals surface area contributed by atoms with Crippen LogP contribution in [0.2, 0.25) is 0 Å². The molecule has 8 heteroatoms. The molecule has 2 aromatic rings. The Morgan fingerprint density at radius 1 is 1.10 bits per heavy atom. The average Bonchev–Trinajstić information content (AvgIpc) is 2.39. The number of hydrogen-bond acceptors (Lipinski definition) is 4. The maximum atomic E-state index is 13.5. The summed E-state index contributed by atoms with van der Waals surface area (Å²) in [6.45, 7) is 0. The van der Waals surface area contributed by atoms with E-state index >= 15 is 0 Å². The van der Waals surface area contributed by atoms with Crippen molar-refractivity contribution in [3.63, 3.8) is 0 Å². The van der Waals surface area contributed by atoms with Gasteiger partial charge in [0.05, 0.1) is 10.6 Å². The van der Waals surface area contributed by atoms with Gasteiger partial charge in [0.25, 0.3) is 5.69 Å². The van der Waals surface area contributed by atoms with Crippen molar-refractivity contribution in [3.8, 4) is 0 Å². The van der Waals surface area contributed by atoms with E-state index in [0.717, 1.165) is 24.3 Å². The number of nitrogens with zero attached hydrogens (tertiary/aromatic N) is 1. The SMILES string of the molecule is Nc1cc(Nc2ccc(F)c(F)c2F)cc([N+](=O)[O-])c1. The first-order valence-electron chi connectivity index (χ1n) is 5.34. The Morgan fingerprint density at radius 2 is 1.80 bits per heavy atom. The Bertz CT molecular complexity index is 692. The minimum atomic E-state index is -1.63. The maximum Gasteiger partial charge on any atom is 0.273 e. The molecular weight excluding hydrogens is 275 g/mol. The third kappa shape index (κ3) is 2.63. The number of nitro groups is 1. The molecule has 2 rings (SSSR count). The molecule has 20 heavy (non-hydrogen) atoms. The van der Waals surface area contributed by atoms with E-state index in [0.29, 0.717) is 0 Å². The van der Waals surface area contributed by atoms with Gasteiger partial charge in [-0.3, -0.25) is 10.1 Å². The zero-order valence-corrected chi connectivity index (χ0v) is 9.86. The van der Waals surface area contributed by atoms with Crippen LogP contribution in [0.4, 0.5) is 35.9 Å². The number of halogens is 3. The van der Waals surface area contributed by atoms with Crippen LogP contribution in [0.1, 0.15) is 0 Å². The molecule has 0 spiro atoms. The summed E-state index contributed by atoms with van der Waals surface area (Å²) in [4.78, 5) is 9.98. The second kappa shape index (κ2) is 5.08. The lowest BCUT2D eigenvalue weighted by molar-refractivity contribution is -0.384. The molecule has 0 bridgehead atoms. The first-order valence-corrected chi connectivity index (χ1v) is 5.34. The monoisotopic (exact) mass is 283 g/mol. The zero-order chi connectivity index (χ0) is 14.9. The van der Waals surface area contributed by atoms with E-state index in [1.165, 1.54) is 6.07 Å². The van der Waals surface area contributed by atoms with Gasteiger partial charge < -0.3 is 11.1 Å². The quantitative estimate of drug-likeness (QED) is 0.392. The van der Waals surface area contributed by atoms with Gasteiger partial charge in [0.2, 0.25) is 0 Å². The molecule has 0 aromatic heterocycles. The summed E-state index contributed by atoms with van der Waals surface area (Å²) in [5, 5.41) is 13.1. The number of hydrogen-bond donors (Lipinski definition) is 2. The number of anilines is 3. The van der Waals surface area contributed by atoms with Gasteiger partial charge in [-0.1, -0.05) is 0 Å². The molecule has 0 atom stereocenters. The van der Waals surface area contributed by atoms with Crippen molar-refractivity contribution in [3.05, 3.63) is 57.9 Å². The predicted molar refractivity (Wildman–Crippen MR) is 67.1 cm³/mol. The summed E-state index contributed by atoms with van der Waals surface area (Å²) in [5.74, 6) is -4.38. The lowest BCUT2D eigenvalue weighted by atomic mass is 10.2. The summed E-state index contributed by atoms with van der Waals surface area (Å²) in [7, 11) is 0. The van der Waals surface area contributed by atoms with Crippen LogP contribution in [0, 0.1) is 27.6 Å². The van der Waals surface area contributed by atoms with E-state index in [2.05, 4.69) is 5.32 Å². The van der Waals surface area contributed by atoms with E-state index in [1.807, 2.05) is 0 Å². The molecule has 3 N–H and O–H groups in total. The minimum absolute atomic E-state index is 0.0738. The highest BCUT2D eigenvalue weighted by molar-refractivity contribution is 5.68. The number of benzene rings is 2. The smallest absolute Gasteiger partial charge is 0.273 e. The number of nitrogens with one attached hydrogen (secondary N) is 1. The van der Waals surface area contributed by atoms with Crippen molar-refractivity contribution in [2.75, 3.05) is 11.1 Å². The van der Waals surface area contributed by atoms with E-state index < -0.39 is 22.4 Å². The van der Waals surface area contributed by atoms with Crippen molar-refractivity contribution < 1.29 is 18.1 Å². The normalized spacial score (nSPS) is 10.3. The van der Waals surface area contributed by atoms with Crippen LogP contribution in [-0.4, -0.2) is 4.92 Å². The third-order valence-corrected chi connectivity index (χ3v) is 2.47. The summed E-state index contributed by atoms with van der Waals surface area (Å²) >= 11 is 0. The summed E-state index contributed by atoms with van der Waals surface area (Å²) in [6, 6.07) is 5.22. The van der Waals surface area contributed by atoms with E-state index in [4.69, 9.17) is 5.73 Å². The third-order valence-electron chi connectivity index (χ3n) is 2.47. The largest absolute Gasteiger partial charge is 0.398 e. The van der Waals surface area contributed by atoms with Gasteiger partial charge in [-0.15, -0.1) is 0 Å². The minimum Gasteiger partial charge on any atom is -0.398 e. The first-order chi connectivity index (χ1) is 9.38. The van der Waals surface area contributed by atoms with Gasteiger partial charge in [0.1, 0.15) is 0 Å². The van der Waals surface area contributed by atoms with Crippen LogP contribution in [0.25, 0.3) is 0 Å². The molecule has 5 nitrogen and oxygen atoms in total. The van der Waals surface area contributed by atoms with Gasteiger partial charge in [-0.05, 0) is 18.2 Å². The Balaban J connectivity index is 2.40. The summed E-state index contributed by atoms with van der Waals surface area (Å²) in [6.07, 6.45) is 0. The molecule has 2 aromatic carbocycles. The first kappa shape index (κ1) is 13.7. The van der Waals surface area contributed by atoms with Crippen molar-refractivity contribution in [1.82, 2.24) is 0 Å². The summed E-state index contributed by atoms with van der Waals surface area (Å²) in [5.41, 5.74) is 4.96. The molecule has 0 saturated heterocycles. The molecule has 0 saturated carbocycles. The van der Waals surface area contributed by atoms with E-state index in [1.54, 1.807) is 0 Å². The van der Waals surface area contributed by atoms with Gasteiger partial charge >= 0.3 is 0 Å². The van der Waals surface area contributed by atoms with Gasteiger partial charge in [-0.25, -0.2) is 13.2 Å². The fourth-order valence-electron chi connectivity index (χ4n) is 1.59. The molecule has 0 aliphatic rings. The second-order valence-corrected chi connectivity index (χ2v) is 3.92. The molecule has 0 aliphatic heterocycles. The van der Waals surface area contributed by atoms with Crippen LogP contribution in [0.5, 0.6) is 0 Å². The predicted octanol–water partition coefficient (Wildman–Crippen LogP) is 3.34. The highest BCUT2D eigenvalue weighted by Crippen LogP contribution is 2.27. The fourth-order valence-corrected chi connectivity index (χ4v) is 1.59. The highest BCUT2D eigenvalue weighted by atomic mass is 19.2. The van der Waals surface area contributed by atoms with Gasteiger partial charge in [0, 0.05) is 23.5 Å². The second-order valence-electron chi connectivity index (χ2n) is 3.92. The lowest BCUT2D eigenvalue weighted by Crippen LogP contribution is -2.00. The molecule has 0 aliphatic carbocycles. The molecule has 0 unspecified atom stereocenters. The fraction of sp³-hybridized carbons (Fsp3) is 0. The molecule has 0 fully saturated rings. The molecular formula is C12H8F3N3O2. The lowest BCUT2D eigenvalue weighted by Gasteiger charge is -2.09. The van der Waals surface area contributed by atoms with Crippen molar-refractivity contribution in [2.45, 2.75) is 0 Å².